The zero-order chi connectivity index (χ0) is 13.4. The van der Waals surface area contributed by atoms with Gasteiger partial charge in [-0.25, -0.2) is 0 Å². The van der Waals surface area contributed by atoms with Crippen molar-refractivity contribution in [1.82, 2.24) is 4.57 Å². The quantitative estimate of drug-likeness (QED) is 0.631. The number of carbonyl (C=O) groups excluding carboxylic acids is 1. The Morgan fingerprint density at radius 1 is 1.16 bits per heavy atom. The number of nitrogens with zero attached hydrogens (tertiary/aromatic N) is 1. The summed E-state index contributed by atoms with van der Waals surface area (Å²) in [4.78, 5) is 12.8. The molecule has 0 radical (unpaired) electrons. The van der Waals surface area contributed by atoms with Crippen molar-refractivity contribution in [1.29, 1.82) is 0 Å². The van der Waals surface area contributed by atoms with Crippen LogP contribution < -0.4 is 0 Å². The number of hydrogen-bond donors (Lipinski definition) is 0. The molecule has 0 spiro atoms. The molecule has 5 heteroatoms. The molecule has 0 unspecified atom stereocenters. The molecule has 19 heavy (non-hydrogen) atoms. The average Bonchev–Trinajstić information content (AvgIpc) is 2.97. The van der Waals surface area contributed by atoms with Crippen LogP contribution in [-0.4, -0.2) is 10.4 Å². The van der Waals surface area contributed by atoms with Crippen molar-refractivity contribution in [3.8, 4) is 0 Å². The lowest BCUT2D eigenvalue weighted by Gasteiger charge is -2.03. The van der Waals surface area contributed by atoms with Crippen LogP contribution in [0.5, 0.6) is 0 Å². The van der Waals surface area contributed by atoms with Crippen molar-refractivity contribution in [3.05, 3.63) is 56.8 Å². The first-order valence-electron chi connectivity index (χ1n) is 5.66. The molecule has 2 heterocycles. The number of ketones is 1. The van der Waals surface area contributed by atoms with E-state index in [9.17, 15) is 4.79 Å². The molecule has 2 nitrogen and oxygen atoms in total. The van der Waals surface area contributed by atoms with E-state index in [1.54, 1.807) is 12.1 Å². The Balaban J connectivity index is 1.93. The summed E-state index contributed by atoms with van der Waals surface area (Å²) in [6.45, 7) is 0.292. The highest BCUT2D eigenvalue weighted by Gasteiger charge is 2.11. The maximum atomic E-state index is 12.2. The van der Waals surface area contributed by atoms with Gasteiger partial charge in [-0.05, 0) is 35.7 Å². The largest absolute Gasteiger partial charge is 0.340 e. The molecule has 0 saturated heterocycles. The lowest BCUT2D eigenvalue weighted by Crippen LogP contribution is -2.07. The molecular weight excluding hydrogens is 301 g/mol. The maximum Gasteiger partial charge on any atom is 0.192 e. The number of thiophene rings is 1. The summed E-state index contributed by atoms with van der Waals surface area (Å²) in [5.74, 6) is 0.0503. The van der Waals surface area contributed by atoms with Gasteiger partial charge in [0.15, 0.2) is 5.78 Å². The second-order valence-corrected chi connectivity index (χ2v) is 6.33. The van der Waals surface area contributed by atoms with Crippen LogP contribution in [0, 0.1) is 0 Å². The van der Waals surface area contributed by atoms with E-state index in [0.717, 1.165) is 10.9 Å². The lowest BCUT2D eigenvalue weighted by atomic mass is 10.2. The first-order chi connectivity index (χ1) is 9.13. The molecule has 0 fully saturated rings. The van der Waals surface area contributed by atoms with Crippen LogP contribution in [0.15, 0.2) is 42.6 Å². The Kier molecular flexibility index (Phi) is 3.35. The molecule has 0 aliphatic rings. The number of halogens is 2. The van der Waals surface area contributed by atoms with Crippen LogP contribution in [0.25, 0.3) is 10.9 Å². The van der Waals surface area contributed by atoms with E-state index in [4.69, 9.17) is 23.2 Å². The van der Waals surface area contributed by atoms with Crippen molar-refractivity contribution in [2.24, 2.45) is 0 Å². The average molecular weight is 310 g/mol. The van der Waals surface area contributed by atoms with Gasteiger partial charge in [0, 0.05) is 16.7 Å². The van der Waals surface area contributed by atoms with Crippen LogP contribution in [0.4, 0.5) is 0 Å². The number of aromatic nitrogens is 1. The molecule has 0 N–H and O–H groups in total. The molecule has 0 bridgehead atoms. The van der Waals surface area contributed by atoms with Crippen LogP contribution in [0.2, 0.25) is 9.36 Å². The molecule has 3 rings (SSSR count). The first-order valence-corrected chi connectivity index (χ1v) is 7.24. The van der Waals surface area contributed by atoms with E-state index in [2.05, 4.69) is 0 Å². The Labute approximate surface area is 124 Å². The fourth-order valence-corrected chi connectivity index (χ4v) is 3.13. The minimum Gasteiger partial charge on any atom is -0.340 e. The summed E-state index contributed by atoms with van der Waals surface area (Å²) in [5.41, 5.74) is 0.962. The van der Waals surface area contributed by atoms with Gasteiger partial charge in [-0.2, -0.15) is 0 Å². The summed E-state index contributed by atoms with van der Waals surface area (Å²) in [6.07, 6.45) is 1.90. The fraction of sp³-hybridized carbons (Fsp3) is 0.0714. The van der Waals surface area contributed by atoms with Gasteiger partial charge in [0.2, 0.25) is 0 Å². The molecule has 3 aromatic rings. The number of carbonyl (C=O) groups is 1. The monoisotopic (exact) mass is 309 g/mol. The van der Waals surface area contributed by atoms with Crippen LogP contribution in [0.3, 0.4) is 0 Å². The Morgan fingerprint density at radius 3 is 2.74 bits per heavy atom. The van der Waals surface area contributed by atoms with Gasteiger partial charge in [-0.3, -0.25) is 4.79 Å². The normalized spacial score (nSPS) is 11.1. The lowest BCUT2D eigenvalue weighted by molar-refractivity contribution is 0.0977. The third-order valence-electron chi connectivity index (χ3n) is 2.90. The highest BCUT2D eigenvalue weighted by molar-refractivity contribution is 7.18. The molecular formula is C14H9Cl2NOS. The number of fused-ring (bicyclic) bond motifs is 1. The summed E-state index contributed by atoms with van der Waals surface area (Å²) < 4.78 is 2.53. The van der Waals surface area contributed by atoms with E-state index in [-0.39, 0.29) is 5.78 Å². The molecule has 2 aromatic heterocycles. The third kappa shape index (κ3) is 2.54. The number of hydrogen-bond acceptors (Lipinski definition) is 2. The summed E-state index contributed by atoms with van der Waals surface area (Å²) in [7, 11) is 0. The Hall–Kier alpha value is -1.29. The highest BCUT2D eigenvalue weighted by atomic mass is 35.5. The van der Waals surface area contributed by atoms with Crippen molar-refractivity contribution < 1.29 is 4.79 Å². The van der Waals surface area contributed by atoms with Gasteiger partial charge in [0.25, 0.3) is 0 Å². The zero-order valence-electron chi connectivity index (χ0n) is 9.77. The van der Waals surface area contributed by atoms with Crippen LogP contribution in [-0.2, 0) is 6.54 Å². The zero-order valence-corrected chi connectivity index (χ0v) is 12.1. The van der Waals surface area contributed by atoms with Gasteiger partial charge in [0.05, 0.1) is 15.8 Å². The number of rotatable bonds is 3. The molecule has 0 saturated carbocycles. The minimum absolute atomic E-state index is 0.0503. The second kappa shape index (κ2) is 5.00. The molecule has 0 atom stereocenters. The van der Waals surface area contributed by atoms with Gasteiger partial charge in [-0.15, -0.1) is 11.3 Å². The Bertz CT molecular complexity index is 760. The van der Waals surface area contributed by atoms with Gasteiger partial charge >= 0.3 is 0 Å². The predicted molar refractivity (Wildman–Crippen MR) is 80.6 cm³/mol. The topological polar surface area (TPSA) is 22.0 Å². The van der Waals surface area contributed by atoms with Gasteiger partial charge < -0.3 is 4.57 Å². The smallest absolute Gasteiger partial charge is 0.192 e. The van der Waals surface area contributed by atoms with Gasteiger partial charge in [-0.1, -0.05) is 29.3 Å². The number of benzene rings is 1. The summed E-state index contributed by atoms with van der Waals surface area (Å²) in [6, 6.07) is 11.1. The first kappa shape index (κ1) is 12.7. The van der Waals surface area contributed by atoms with E-state index in [1.807, 2.05) is 35.0 Å². The van der Waals surface area contributed by atoms with Gasteiger partial charge in [0.1, 0.15) is 0 Å². The van der Waals surface area contributed by atoms with Crippen LogP contribution in [0.1, 0.15) is 9.67 Å². The predicted octanol–water partition coefficient (Wildman–Crippen LogP) is 4.89. The van der Waals surface area contributed by atoms with E-state index in [0.29, 0.717) is 20.8 Å². The molecule has 1 aromatic carbocycles. The maximum absolute atomic E-state index is 12.2. The molecule has 0 amide bonds. The summed E-state index contributed by atoms with van der Waals surface area (Å²) >= 11 is 13.1. The Morgan fingerprint density at radius 2 is 2.00 bits per heavy atom. The second-order valence-electron chi connectivity index (χ2n) is 4.17. The fourth-order valence-electron chi connectivity index (χ4n) is 1.99. The van der Waals surface area contributed by atoms with Crippen LogP contribution >= 0.6 is 34.5 Å². The third-order valence-corrected chi connectivity index (χ3v) is 4.41. The standard InChI is InChI=1S/C14H9Cl2NOS/c15-10-2-1-9-5-6-17(11(9)7-10)8-12(18)13-3-4-14(16)19-13/h1-7H,8H2. The van der Waals surface area contributed by atoms with E-state index >= 15 is 0 Å². The summed E-state index contributed by atoms with van der Waals surface area (Å²) in [5, 5.41) is 1.74. The highest BCUT2D eigenvalue weighted by Crippen LogP contribution is 2.24. The SMILES string of the molecule is O=C(Cn1ccc2ccc(Cl)cc21)c1ccc(Cl)s1. The van der Waals surface area contributed by atoms with E-state index < -0.39 is 0 Å². The molecule has 96 valence electrons. The molecule has 0 aliphatic heterocycles. The van der Waals surface area contributed by atoms with Crippen molar-refractivity contribution >= 4 is 51.2 Å². The van der Waals surface area contributed by atoms with Crippen molar-refractivity contribution in [3.63, 3.8) is 0 Å². The van der Waals surface area contributed by atoms with Crippen molar-refractivity contribution in [2.45, 2.75) is 6.54 Å². The minimum atomic E-state index is 0.0503. The van der Waals surface area contributed by atoms with E-state index in [1.165, 1.54) is 11.3 Å². The molecule has 0 aliphatic carbocycles. The number of Topliss-reactive ketones (excluding diaryl/α,β-unsaturated/α-hetero) is 1. The van der Waals surface area contributed by atoms with Crippen molar-refractivity contribution in [2.75, 3.05) is 0 Å².